The summed E-state index contributed by atoms with van der Waals surface area (Å²) in [6.07, 6.45) is 68.3. The van der Waals surface area contributed by atoms with E-state index in [0.717, 1.165) is 38.5 Å². The molecule has 1 N–H and O–H groups in total. The summed E-state index contributed by atoms with van der Waals surface area (Å²) < 4.78 is 35.3. The van der Waals surface area contributed by atoms with Crippen molar-refractivity contribution >= 4 is 13.8 Å². The summed E-state index contributed by atoms with van der Waals surface area (Å²) >= 11 is 0. The molecule has 0 fully saturated rings. The molecular weight excluding hydrogens is 902 g/mol. The van der Waals surface area contributed by atoms with Gasteiger partial charge in [0.2, 0.25) is 0 Å². The number of hydrogen-bond donors (Lipinski definition) is 1. The summed E-state index contributed by atoms with van der Waals surface area (Å²) in [6.45, 7) is 5.69. The lowest BCUT2D eigenvalue weighted by Crippen LogP contribution is -2.37. The molecule has 0 aliphatic heterocycles. The van der Waals surface area contributed by atoms with E-state index in [1.165, 1.54) is 250 Å². The Kier molecular flexibility index (Phi) is 54.4. The average molecular weight is 1030 g/mol. The molecule has 0 rings (SSSR count). The highest BCUT2D eigenvalue weighted by molar-refractivity contribution is 7.47. The molecule has 9 heteroatoms. The fourth-order valence-electron chi connectivity index (χ4n) is 9.24. The van der Waals surface area contributed by atoms with Crippen molar-refractivity contribution in [1.29, 1.82) is 0 Å². The number of rotatable bonds is 59. The van der Waals surface area contributed by atoms with Crippen LogP contribution in [0.15, 0.2) is 24.3 Å². The fraction of sp³-hybridized carbons (Fsp3) is 0.919. The van der Waals surface area contributed by atoms with Crippen molar-refractivity contribution in [2.24, 2.45) is 0 Å². The first-order valence-electron chi connectivity index (χ1n) is 31.1. The number of quaternary nitrogens is 1. The highest BCUT2D eigenvalue weighted by Gasteiger charge is 2.26. The molecule has 0 amide bonds. The Labute approximate surface area is 443 Å². The standard InChI is InChI=1S/C62H122NO7P/c1-6-8-10-12-14-16-18-20-22-24-26-28-30-32-33-35-37-39-41-43-45-47-49-51-53-55-62(64)70-61(60-69-71(65,66)68-58-56-63(3,4)5)59-67-57-54-52-50-48-46-44-42-40-38-36-34-31-29-27-25-23-21-19-17-15-13-11-9-7-2/h19,21,25,27,61H,6-18,20,22-24,26,28-60H2,1-5H3/p+1/b21-19-,27-25-. The lowest BCUT2D eigenvalue weighted by molar-refractivity contribution is -0.870. The van der Waals surface area contributed by atoms with Crippen LogP contribution in [0.3, 0.4) is 0 Å². The van der Waals surface area contributed by atoms with Gasteiger partial charge < -0.3 is 18.9 Å². The maximum atomic E-state index is 12.8. The minimum Gasteiger partial charge on any atom is -0.457 e. The van der Waals surface area contributed by atoms with Gasteiger partial charge in [-0.15, -0.1) is 0 Å². The molecule has 0 saturated carbocycles. The molecule has 0 aromatic carbocycles. The van der Waals surface area contributed by atoms with Crippen LogP contribution in [0.5, 0.6) is 0 Å². The summed E-state index contributed by atoms with van der Waals surface area (Å²) in [4.78, 5) is 23.1. The van der Waals surface area contributed by atoms with Crippen LogP contribution in [0.25, 0.3) is 0 Å². The Bertz CT molecular complexity index is 1190. The maximum absolute atomic E-state index is 12.8. The Morgan fingerprint density at radius 1 is 0.437 bits per heavy atom. The van der Waals surface area contributed by atoms with Crippen molar-refractivity contribution in [1.82, 2.24) is 0 Å². The Morgan fingerprint density at radius 2 is 0.775 bits per heavy atom. The first kappa shape index (κ1) is 70.0. The molecule has 422 valence electrons. The molecule has 0 aromatic heterocycles. The average Bonchev–Trinajstić information content (AvgIpc) is 3.33. The number of carbonyl (C=O) groups excluding carboxylic acids is 1. The second-order valence-corrected chi connectivity index (χ2v) is 23.9. The highest BCUT2D eigenvalue weighted by Crippen LogP contribution is 2.43. The lowest BCUT2D eigenvalue weighted by atomic mass is 10.0. The molecule has 0 saturated heterocycles. The van der Waals surface area contributed by atoms with Gasteiger partial charge in [0, 0.05) is 13.0 Å². The number of hydrogen-bond acceptors (Lipinski definition) is 6. The van der Waals surface area contributed by atoms with Gasteiger partial charge in [0.1, 0.15) is 19.3 Å². The summed E-state index contributed by atoms with van der Waals surface area (Å²) in [5.41, 5.74) is 0. The number of esters is 1. The number of ether oxygens (including phenoxy) is 2. The number of unbranched alkanes of at least 4 members (excludes halogenated alkanes) is 41. The first-order chi connectivity index (χ1) is 34.6. The number of carbonyl (C=O) groups is 1. The van der Waals surface area contributed by atoms with Gasteiger partial charge in [0.05, 0.1) is 34.4 Å². The van der Waals surface area contributed by atoms with Gasteiger partial charge in [-0.3, -0.25) is 13.8 Å². The molecule has 0 radical (unpaired) electrons. The normalized spacial score (nSPS) is 13.5. The van der Waals surface area contributed by atoms with Gasteiger partial charge in [0.15, 0.2) is 0 Å². The Hall–Kier alpha value is -1.02. The van der Waals surface area contributed by atoms with Crippen LogP contribution >= 0.6 is 7.82 Å². The second kappa shape index (κ2) is 55.2. The van der Waals surface area contributed by atoms with Crippen LogP contribution in [0, 0.1) is 0 Å². The number of likely N-dealkylation sites (N-methyl/N-ethyl adjacent to an activating group) is 1. The molecule has 71 heavy (non-hydrogen) atoms. The smallest absolute Gasteiger partial charge is 0.457 e. The quantitative estimate of drug-likeness (QED) is 0.0213. The van der Waals surface area contributed by atoms with E-state index in [1.807, 2.05) is 21.1 Å². The monoisotopic (exact) mass is 1020 g/mol. The van der Waals surface area contributed by atoms with E-state index in [0.29, 0.717) is 24.1 Å². The first-order valence-corrected chi connectivity index (χ1v) is 32.6. The maximum Gasteiger partial charge on any atom is 0.472 e. The van der Waals surface area contributed by atoms with Gasteiger partial charge in [-0.05, 0) is 44.9 Å². The van der Waals surface area contributed by atoms with Crippen molar-refractivity contribution < 1.29 is 37.3 Å². The minimum absolute atomic E-state index is 0.0914. The largest absolute Gasteiger partial charge is 0.472 e. The molecule has 0 bridgehead atoms. The van der Waals surface area contributed by atoms with Gasteiger partial charge in [-0.1, -0.05) is 282 Å². The highest BCUT2D eigenvalue weighted by atomic mass is 31.2. The predicted octanol–water partition coefficient (Wildman–Crippen LogP) is 19.9. The van der Waals surface area contributed by atoms with Crippen molar-refractivity contribution in [3.63, 3.8) is 0 Å². The van der Waals surface area contributed by atoms with Crippen molar-refractivity contribution in [2.45, 2.75) is 315 Å². The van der Waals surface area contributed by atoms with Crippen LogP contribution < -0.4 is 0 Å². The van der Waals surface area contributed by atoms with Crippen LogP contribution in [-0.4, -0.2) is 75.6 Å². The van der Waals surface area contributed by atoms with Crippen molar-refractivity contribution in [2.75, 3.05) is 54.1 Å². The SMILES string of the molecule is CCCCCCC/C=C\C/C=C\CCCCCCCCCCCCCCOCC(COP(=O)(O)OCC[N+](C)(C)C)OC(=O)CCCCCCCCCCCCCCCCCCCCCCCCCCC. The summed E-state index contributed by atoms with van der Waals surface area (Å²) in [5, 5.41) is 0. The summed E-state index contributed by atoms with van der Waals surface area (Å²) in [7, 11) is 1.69. The van der Waals surface area contributed by atoms with Crippen LogP contribution in [0.1, 0.15) is 309 Å². The third-order valence-electron chi connectivity index (χ3n) is 14.0. The molecule has 0 spiro atoms. The van der Waals surface area contributed by atoms with Gasteiger partial charge in [0.25, 0.3) is 0 Å². The van der Waals surface area contributed by atoms with E-state index in [-0.39, 0.29) is 25.8 Å². The zero-order valence-corrected chi connectivity index (χ0v) is 49.1. The van der Waals surface area contributed by atoms with E-state index in [2.05, 4.69) is 38.2 Å². The van der Waals surface area contributed by atoms with Crippen molar-refractivity contribution in [3.05, 3.63) is 24.3 Å². The van der Waals surface area contributed by atoms with Crippen LogP contribution in [0.4, 0.5) is 0 Å². The molecule has 2 atom stereocenters. The van der Waals surface area contributed by atoms with Crippen molar-refractivity contribution in [3.8, 4) is 0 Å². The number of nitrogens with zero attached hydrogens (tertiary/aromatic N) is 1. The minimum atomic E-state index is -4.28. The Morgan fingerprint density at radius 3 is 1.14 bits per heavy atom. The number of phosphoric ester groups is 1. The Balaban J connectivity index is 3.99. The predicted molar refractivity (Wildman–Crippen MR) is 307 cm³/mol. The molecular formula is C62H123NO7P+. The topological polar surface area (TPSA) is 91.3 Å². The summed E-state index contributed by atoms with van der Waals surface area (Å²) in [6, 6.07) is 0. The number of allylic oxidation sites excluding steroid dienone is 4. The molecule has 0 aromatic rings. The van der Waals surface area contributed by atoms with Crippen LogP contribution in [-0.2, 0) is 27.9 Å². The van der Waals surface area contributed by atoms with E-state index < -0.39 is 13.9 Å². The molecule has 0 aliphatic rings. The molecule has 2 unspecified atom stereocenters. The molecule has 0 aliphatic carbocycles. The van der Waals surface area contributed by atoms with E-state index in [9.17, 15) is 14.3 Å². The third-order valence-corrected chi connectivity index (χ3v) is 15.0. The van der Waals surface area contributed by atoms with E-state index >= 15 is 0 Å². The van der Waals surface area contributed by atoms with Gasteiger partial charge >= 0.3 is 13.8 Å². The zero-order chi connectivity index (χ0) is 51.9. The lowest BCUT2D eigenvalue weighted by Gasteiger charge is -2.24. The second-order valence-electron chi connectivity index (χ2n) is 22.4. The molecule has 0 heterocycles. The van der Waals surface area contributed by atoms with Gasteiger partial charge in [-0.2, -0.15) is 0 Å². The fourth-order valence-corrected chi connectivity index (χ4v) is 9.98. The summed E-state index contributed by atoms with van der Waals surface area (Å²) in [5.74, 6) is -0.305. The van der Waals surface area contributed by atoms with Crippen LogP contribution in [0.2, 0.25) is 0 Å². The number of phosphoric acid groups is 1. The van der Waals surface area contributed by atoms with Gasteiger partial charge in [-0.25, -0.2) is 4.57 Å². The van der Waals surface area contributed by atoms with E-state index in [4.69, 9.17) is 18.5 Å². The van der Waals surface area contributed by atoms with E-state index in [1.54, 1.807) is 0 Å². The zero-order valence-electron chi connectivity index (χ0n) is 48.2. The molecule has 8 nitrogen and oxygen atoms in total. The third kappa shape index (κ3) is 59.7.